The Morgan fingerprint density at radius 3 is 1.22 bits per heavy atom. The molecule has 0 atom stereocenters. The molecule has 0 heterocycles. The number of hydrogen-bond acceptors (Lipinski definition) is 4. The number of rotatable bonds is 8. The van der Waals surface area contributed by atoms with Gasteiger partial charge in [0.05, 0.1) is 0 Å². The average molecular weight is 317 g/mol. The number of halogens is 1. The molecule has 4 nitrogen and oxygen atoms in total. The summed E-state index contributed by atoms with van der Waals surface area (Å²) in [6.07, 6.45) is 6.07. The molecular formula is C12H22ClO4V-3. The Kier molecular flexibility index (Phi) is 32.3. The van der Waals surface area contributed by atoms with E-state index >= 15 is 0 Å². The predicted octanol–water partition coefficient (Wildman–Crippen LogP) is -2.37. The molecule has 0 aliphatic carbocycles. The smallest absolute Gasteiger partial charge is 0.0414 e. The molecule has 0 spiro atoms. The largest absolute Gasteiger partial charge is 1.00 e. The van der Waals surface area contributed by atoms with Crippen LogP contribution in [0.15, 0.2) is 0 Å². The molecule has 1 radical (unpaired) electrons. The third kappa shape index (κ3) is 36.0. The van der Waals surface area contributed by atoms with Crippen molar-refractivity contribution in [3.63, 3.8) is 0 Å². The molecule has 0 fully saturated rings. The minimum Gasteiger partial charge on any atom is -1.00 e. The first-order valence-corrected chi connectivity index (χ1v) is 5.94. The molecule has 0 aliphatic rings. The first-order valence-electron chi connectivity index (χ1n) is 5.94. The number of carbonyl (C=O) groups excluding carboxylic acids is 2. The van der Waals surface area contributed by atoms with Crippen LogP contribution in [-0.4, -0.2) is 11.9 Å². The molecule has 0 saturated heterocycles. The molecule has 18 heavy (non-hydrogen) atoms. The van der Waals surface area contributed by atoms with Gasteiger partial charge in [-0.2, -0.15) is 0 Å². The molecule has 109 valence electrons. The minimum absolute atomic E-state index is 0. The summed E-state index contributed by atoms with van der Waals surface area (Å²) in [5.41, 5.74) is 0. The summed E-state index contributed by atoms with van der Waals surface area (Å²) in [7, 11) is 0. The van der Waals surface area contributed by atoms with Crippen molar-refractivity contribution in [3.8, 4) is 0 Å². The van der Waals surface area contributed by atoms with Crippen LogP contribution >= 0.6 is 0 Å². The molecule has 0 amide bonds. The maximum absolute atomic E-state index is 9.76. The minimum atomic E-state index is -0.932. The summed E-state index contributed by atoms with van der Waals surface area (Å²) in [5.74, 6) is -1.86. The van der Waals surface area contributed by atoms with Crippen LogP contribution in [0.2, 0.25) is 0 Å². The zero-order chi connectivity index (χ0) is 12.8. The second-order valence-electron chi connectivity index (χ2n) is 3.66. The standard InChI is InChI=1S/2C6H12O2.ClH.V/c2*1-2-3-4-5-6(7)8;;/h2*2-5H2,1H3,(H,7,8);1H;/p-3. The average Bonchev–Trinajstić information content (AvgIpc) is 2.18. The van der Waals surface area contributed by atoms with Gasteiger partial charge in [0.1, 0.15) is 0 Å². The predicted molar refractivity (Wildman–Crippen MR) is 58.3 cm³/mol. The third-order valence-corrected chi connectivity index (χ3v) is 1.97. The van der Waals surface area contributed by atoms with Crippen LogP contribution in [0.5, 0.6) is 0 Å². The van der Waals surface area contributed by atoms with E-state index in [4.69, 9.17) is 0 Å². The van der Waals surface area contributed by atoms with Crippen molar-refractivity contribution < 1.29 is 50.8 Å². The van der Waals surface area contributed by atoms with Gasteiger partial charge >= 0.3 is 0 Å². The second kappa shape index (κ2) is 22.0. The van der Waals surface area contributed by atoms with E-state index in [2.05, 4.69) is 0 Å². The molecule has 0 aliphatic heterocycles. The van der Waals surface area contributed by atoms with Gasteiger partial charge in [0, 0.05) is 30.5 Å². The molecule has 0 rings (SSSR count). The van der Waals surface area contributed by atoms with E-state index in [1.165, 1.54) is 0 Å². The molecule has 0 aromatic carbocycles. The van der Waals surface area contributed by atoms with Crippen LogP contribution in [-0.2, 0) is 28.1 Å². The molecule has 0 N–H and O–H groups in total. The second-order valence-corrected chi connectivity index (χ2v) is 3.66. The van der Waals surface area contributed by atoms with E-state index in [0.29, 0.717) is 0 Å². The van der Waals surface area contributed by atoms with Gasteiger partial charge in [-0.1, -0.05) is 39.5 Å². The van der Waals surface area contributed by atoms with Gasteiger partial charge in [-0.05, 0) is 25.7 Å². The quantitative estimate of drug-likeness (QED) is 0.469. The number of carboxylic acid groups (broad SMARTS) is 2. The van der Waals surface area contributed by atoms with Crippen LogP contribution < -0.4 is 22.6 Å². The molecule has 6 heteroatoms. The van der Waals surface area contributed by atoms with Gasteiger partial charge in [0.15, 0.2) is 0 Å². The van der Waals surface area contributed by atoms with Gasteiger partial charge < -0.3 is 32.2 Å². The van der Waals surface area contributed by atoms with E-state index in [-0.39, 0.29) is 43.8 Å². The number of hydrogen-bond donors (Lipinski definition) is 0. The summed E-state index contributed by atoms with van der Waals surface area (Å²) in [5, 5.41) is 19.5. The van der Waals surface area contributed by atoms with E-state index in [1.807, 2.05) is 13.8 Å². The molecule has 0 saturated carbocycles. The molecular weight excluding hydrogens is 295 g/mol. The van der Waals surface area contributed by atoms with E-state index in [0.717, 1.165) is 38.5 Å². The topological polar surface area (TPSA) is 80.3 Å². The summed E-state index contributed by atoms with van der Waals surface area (Å²) in [4.78, 5) is 19.5. The number of carbonyl (C=O) groups is 2. The fourth-order valence-electron chi connectivity index (χ4n) is 1.04. The number of unbranched alkanes of at least 4 members (excludes halogenated alkanes) is 4. The Balaban J connectivity index is -0.0000000980. The first kappa shape index (κ1) is 26.4. The fourth-order valence-corrected chi connectivity index (χ4v) is 1.04. The van der Waals surface area contributed by atoms with Crippen molar-refractivity contribution in [3.05, 3.63) is 0 Å². The molecule has 0 aromatic rings. The SMILES string of the molecule is CCCCCC(=O)[O-].CCCCCC(=O)[O-].[Cl-].[V]. The molecule has 0 unspecified atom stereocenters. The van der Waals surface area contributed by atoms with Crippen molar-refractivity contribution in [2.45, 2.75) is 65.2 Å². The van der Waals surface area contributed by atoms with Crippen LogP contribution in [0.3, 0.4) is 0 Å². The van der Waals surface area contributed by atoms with Crippen LogP contribution in [0.1, 0.15) is 65.2 Å². The number of aliphatic carboxylic acids is 2. The third-order valence-electron chi connectivity index (χ3n) is 1.97. The van der Waals surface area contributed by atoms with Crippen LogP contribution in [0, 0.1) is 0 Å². The first-order chi connectivity index (χ1) is 7.54. The van der Waals surface area contributed by atoms with Gasteiger partial charge in [0.25, 0.3) is 0 Å². The van der Waals surface area contributed by atoms with E-state index < -0.39 is 11.9 Å². The Morgan fingerprint density at radius 2 is 1.06 bits per heavy atom. The maximum Gasteiger partial charge on any atom is 0.0414 e. The van der Waals surface area contributed by atoms with Crippen LogP contribution in [0.25, 0.3) is 0 Å². The zero-order valence-corrected chi connectivity index (χ0v) is 13.3. The molecule has 0 bridgehead atoms. The van der Waals surface area contributed by atoms with Crippen molar-refractivity contribution in [2.75, 3.05) is 0 Å². The Morgan fingerprint density at radius 1 is 0.778 bits per heavy atom. The summed E-state index contributed by atoms with van der Waals surface area (Å²) < 4.78 is 0. The van der Waals surface area contributed by atoms with Gasteiger partial charge in [-0.15, -0.1) is 0 Å². The van der Waals surface area contributed by atoms with E-state index in [9.17, 15) is 19.8 Å². The zero-order valence-electron chi connectivity index (χ0n) is 11.1. The normalized spacial score (nSPS) is 8.11. The fraction of sp³-hybridized carbons (Fsp3) is 0.833. The van der Waals surface area contributed by atoms with Gasteiger partial charge in [0.2, 0.25) is 0 Å². The maximum atomic E-state index is 9.76. The Hall–Kier alpha value is -0.186. The van der Waals surface area contributed by atoms with Crippen molar-refractivity contribution in [2.24, 2.45) is 0 Å². The summed E-state index contributed by atoms with van der Waals surface area (Å²) >= 11 is 0. The van der Waals surface area contributed by atoms with Crippen molar-refractivity contribution in [1.29, 1.82) is 0 Å². The van der Waals surface area contributed by atoms with Crippen molar-refractivity contribution in [1.82, 2.24) is 0 Å². The summed E-state index contributed by atoms with van der Waals surface area (Å²) in [6.45, 7) is 4.07. The Labute approximate surface area is 128 Å². The van der Waals surface area contributed by atoms with Gasteiger partial charge in [-0.25, -0.2) is 0 Å². The van der Waals surface area contributed by atoms with E-state index in [1.54, 1.807) is 0 Å². The summed E-state index contributed by atoms with van der Waals surface area (Å²) in [6, 6.07) is 0. The Bertz CT molecular complexity index is 169. The van der Waals surface area contributed by atoms with Crippen molar-refractivity contribution >= 4 is 11.9 Å². The number of carboxylic acids is 2. The van der Waals surface area contributed by atoms with Gasteiger partial charge in [-0.3, -0.25) is 0 Å². The monoisotopic (exact) mass is 316 g/mol. The van der Waals surface area contributed by atoms with Crippen LogP contribution in [0.4, 0.5) is 0 Å². The molecule has 0 aromatic heterocycles.